The molecule has 5 nitrogen and oxygen atoms in total. The highest BCUT2D eigenvalue weighted by atomic mass is 19.1. The lowest BCUT2D eigenvalue weighted by molar-refractivity contribution is 0.455. The molecule has 1 aliphatic heterocycles. The van der Waals surface area contributed by atoms with E-state index in [4.69, 9.17) is 15.2 Å². The van der Waals surface area contributed by atoms with E-state index in [1.54, 1.807) is 36.4 Å². The van der Waals surface area contributed by atoms with Gasteiger partial charge in [-0.1, -0.05) is 6.07 Å². The summed E-state index contributed by atoms with van der Waals surface area (Å²) in [5, 5.41) is 0. The van der Waals surface area contributed by atoms with E-state index in [1.807, 2.05) is 18.3 Å². The van der Waals surface area contributed by atoms with E-state index < -0.39 is 0 Å². The summed E-state index contributed by atoms with van der Waals surface area (Å²) in [5.74, 6) is 1.88. The van der Waals surface area contributed by atoms with Gasteiger partial charge in [0.15, 0.2) is 0 Å². The summed E-state index contributed by atoms with van der Waals surface area (Å²) in [6.07, 6.45) is 3.99. The maximum atomic E-state index is 13.2. The van der Waals surface area contributed by atoms with Gasteiger partial charge in [-0.15, -0.1) is 0 Å². The Hall–Kier alpha value is -3.12. The summed E-state index contributed by atoms with van der Waals surface area (Å²) >= 11 is 0. The Balaban J connectivity index is 1.37. The van der Waals surface area contributed by atoms with Crippen molar-refractivity contribution in [3.8, 4) is 23.1 Å². The van der Waals surface area contributed by atoms with Crippen LogP contribution in [-0.4, -0.2) is 24.1 Å². The van der Waals surface area contributed by atoms with Gasteiger partial charge in [0.1, 0.15) is 23.1 Å². The van der Waals surface area contributed by atoms with Crippen LogP contribution in [0.15, 0.2) is 66.9 Å². The molecular weight excluding hydrogens is 357 g/mol. The molecule has 2 N–H and O–H groups in total. The van der Waals surface area contributed by atoms with Crippen LogP contribution >= 0.6 is 0 Å². The lowest BCUT2D eigenvalue weighted by Crippen LogP contribution is -2.42. The molecule has 3 aromatic rings. The number of ether oxygens (including phenoxy) is 2. The van der Waals surface area contributed by atoms with Gasteiger partial charge in [0, 0.05) is 31.3 Å². The third kappa shape index (κ3) is 4.58. The molecule has 2 heterocycles. The van der Waals surface area contributed by atoms with Crippen LogP contribution in [0.4, 0.5) is 10.1 Å². The largest absolute Gasteiger partial charge is 0.457 e. The van der Waals surface area contributed by atoms with Crippen molar-refractivity contribution in [1.29, 1.82) is 0 Å². The number of benzene rings is 2. The average molecular weight is 379 g/mol. The van der Waals surface area contributed by atoms with Gasteiger partial charge in [0.25, 0.3) is 0 Å². The zero-order chi connectivity index (χ0) is 19.3. The van der Waals surface area contributed by atoms with E-state index in [0.29, 0.717) is 23.1 Å². The Labute approximate surface area is 163 Å². The molecule has 0 radical (unpaired) electrons. The molecule has 1 aromatic heterocycles. The molecule has 0 amide bonds. The topological polar surface area (TPSA) is 60.6 Å². The normalized spacial score (nSPS) is 16.6. The molecule has 0 spiro atoms. The molecule has 1 unspecified atom stereocenters. The van der Waals surface area contributed by atoms with E-state index in [9.17, 15) is 4.39 Å². The second kappa shape index (κ2) is 8.27. The SMILES string of the molecule is NC1CCCN(c2ccc(Oc3ccc(Oc4cccc(F)c4)cc3)nc2)C1. The number of hydrogen-bond donors (Lipinski definition) is 1. The van der Waals surface area contributed by atoms with Gasteiger partial charge < -0.3 is 20.1 Å². The van der Waals surface area contributed by atoms with Crippen molar-refractivity contribution >= 4 is 5.69 Å². The van der Waals surface area contributed by atoms with Gasteiger partial charge in [-0.05, 0) is 55.3 Å². The second-order valence-electron chi connectivity index (χ2n) is 6.84. The fourth-order valence-electron chi connectivity index (χ4n) is 3.23. The van der Waals surface area contributed by atoms with Gasteiger partial charge >= 0.3 is 0 Å². The number of halogens is 1. The van der Waals surface area contributed by atoms with Crippen molar-refractivity contribution < 1.29 is 13.9 Å². The molecule has 28 heavy (non-hydrogen) atoms. The standard InChI is InChI=1S/C22H22FN3O2/c23-16-3-1-5-21(13-16)27-19-7-9-20(10-8-19)28-22-11-6-18(14-25-22)26-12-2-4-17(24)15-26/h1,3,5-11,13-14,17H,2,4,12,15,24H2. The summed E-state index contributed by atoms with van der Waals surface area (Å²) in [4.78, 5) is 6.65. The van der Waals surface area contributed by atoms with Crippen molar-refractivity contribution in [2.24, 2.45) is 5.73 Å². The summed E-state index contributed by atoms with van der Waals surface area (Å²) in [6, 6.07) is 17.2. The number of piperidine rings is 1. The van der Waals surface area contributed by atoms with Crippen LogP contribution in [0.1, 0.15) is 12.8 Å². The number of pyridine rings is 1. The second-order valence-corrected chi connectivity index (χ2v) is 6.84. The first-order chi connectivity index (χ1) is 13.7. The summed E-state index contributed by atoms with van der Waals surface area (Å²) in [5.41, 5.74) is 7.10. The van der Waals surface area contributed by atoms with Crippen molar-refractivity contribution in [1.82, 2.24) is 4.98 Å². The average Bonchev–Trinajstić information content (AvgIpc) is 2.70. The van der Waals surface area contributed by atoms with Gasteiger partial charge in [0.05, 0.1) is 11.9 Å². The van der Waals surface area contributed by atoms with Crippen molar-refractivity contribution in [3.63, 3.8) is 0 Å². The third-order valence-electron chi connectivity index (χ3n) is 4.62. The van der Waals surface area contributed by atoms with Crippen LogP contribution in [0.2, 0.25) is 0 Å². The van der Waals surface area contributed by atoms with Gasteiger partial charge in [-0.3, -0.25) is 0 Å². The van der Waals surface area contributed by atoms with Crippen molar-refractivity contribution in [3.05, 3.63) is 72.7 Å². The summed E-state index contributed by atoms with van der Waals surface area (Å²) < 4.78 is 24.7. The van der Waals surface area contributed by atoms with Gasteiger partial charge in [0.2, 0.25) is 5.88 Å². The van der Waals surface area contributed by atoms with Crippen LogP contribution in [-0.2, 0) is 0 Å². The molecule has 6 heteroatoms. The Morgan fingerprint density at radius 3 is 2.43 bits per heavy atom. The first-order valence-electron chi connectivity index (χ1n) is 9.34. The predicted octanol–water partition coefficient (Wildman–Crippen LogP) is 4.73. The Kier molecular flexibility index (Phi) is 5.39. The quantitative estimate of drug-likeness (QED) is 0.694. The van der Waals surface area contributed by atoms with Crippen LogP contribution in [0, 0.1) is 5.82 Å². The number of anilines is 1. The maximum absolute atomic E-state index is 13.2. The molecule has 2 aromatic carbocycles. The zero-order valence-corrected chi connectivity index (χ0v) is 15.4. The van der Waals surface area contributed by atoms with Crippen molar-refractivity contribution in [2.45, 2.75) is 18.9 Å². The highest BCUT2D eigenvalue weighted by Gasteiger charge is 2.17. The predicted molar refractivity (Wildman–Crippen MR) is 107 cm³/mol. The molecular formula is C22H22FN3O2. The molecule has 1 fully saturated rings. The highest BCUT2D eigenvalue weighted by Crippen LogP contribution is 2.27. The van der Waals surface area contributed by atoms with Gasteiger partial charge in [-0.25, -0.2) is 9.37 Å². The molecule has 144 valence electrons. The van der Waals surface area contributed by atoms with Crippen LogP contribution in [0.5, 0.6) is 23.1 Å². The Morgan fingerprint density at radius 1 is 0.964 bits per heavy atom. The number of aromatic nitrogens is 1. The lowest BCUT2D eigenvalue weighted by atomic mass is 10.1. The first kappa shape index (κ1) is 18.3. The minimum absolute atomic E-state index is 0.220. The highest BCUT2D eigenvalue weighted by molar-refractivity contribution is 5.46. The van der Waals surface area contributed by atoms with Crippen LogP contribution < -0.4 is 20.1 Å². The molecule has 1 aliphatic rings. The van der Waals surface area contributed by atoms with E-state index in [2.05, 4.69) is 9.88 Å². The fourth-order valence-corrected chi connectivity index (χ4v) is 3.23. The minimum Gasteiger partial charge on any atom is -0.457 e. The third-order valence-corrected chi connectivity index (χ3v) is 4.62. The monoisotopic (exact) mass is 379 g/mol. The summed E-state index contributed by atoms with van der Waals surface area (Å²) in [6.45, 7) is 1.86. The molecule has 1 atom stereocenters. The van der Waals surface area contributed by atoms with E-state index in [1.165, 1.54) is 12.1 Å². The number of rotatable bonds is 5. The van der Waals surface area contributed by atoms with Crippen LogP contribution in [0.3, 0.4) is 0 Å². The van der Waals surface area contributed by atoms with Crippen LogP contribution in [0.25, 0.3) is 0 Å². The minimum atomic E-state index is -0.335. The Bertz CT molecular complexity index is 916. The maximum Gasteiger partial charge on any atom is 0.219 e. The van der Waals surface area contributed by atoms with Gasteiger partial charge in [-0.2, -0.15) is 0 Å². The van der Waals surface area contributed by atoms with E-state index >= 15 is 0 Å². The summed E-state index contributed by atoms with van der Waals surface area (Å²) in [7, 11) is 0. The number of nitrogens with zero attached hydrogens (tertiary/aromatic N) is 2. The van der Waals surface area contributed by atoms with Crippen molar-refractivity contribution in [2.75, 3.05) is 18.0 Å². The molecule has 1 saturated heterocycles. The number of hydrogen-bond acceptors (Lipinski definition) is 5. The molecule has 0 saturated carbocycles. The van der Waals surface area contributed by atoms with E-state index in [-0.39, 0.29) is 11.9 Å². The molecule has 0 bridgehead atoms. The number of nitrogens with two attached hydrogens (primary N) is 1. The molecule has 0 aliphatic carbocycles. The smallest absolute Gasteiger partial charge is 0.219 e. The molecule has 4 rings (SSSR count). The Morgan fingerprint density at radius 2 is 1.75 bits per heavy atom. The first-order valence-corrected chi connectivity index (χ1v) is 9.34. The zero-order valence-electron chi connectivity index (χ0n) is 15.4. The lowest BCUT2D eigenvalue weighted by Gasteiger charge is -2.32. The fraction of sp³-hybridized carbons (Fsp3) is 0.227. The van der Waals surface area contributed by atoms with E-state index in [0.717, 1.165) is 31.6 Å².